The topological polar surface area (TPSA) is 69.0 Å². The lowest BCUT2D eigenvalue weighted by Crippen LogP contribution is -2.35. The summed E-state index contributed by atoms with van der Waals surface area (Å²) in [4.78, 5) is 19.1. The Kier molecular flexibility index (Phi) is 4.54. The normalized spacial score (nSPS) is 12.8. The molecule has 4 rings (SSSR count). The van der Waals surface area contributed by atoms with Gasteiger partial charge in [0.25, 0.3) is 5.91 Å². The first kappa shape index (κ1) is 16.8. The van der Waals surface area contributed by atoms with E-state index >= 15 is 0 Å². The number of carbonyl (C=O) groups is 1. The summed E-state index contributed by atoms with van der Waals surface area (Å²) in [6.45, 7) is 1.34. The smallest absolute Gasteiger partial charge is 0.254 e. The van der Waals surface area contributed by atoms with Crippen LogP contribution in [-0.2, 0) is 13.0 Å². The third-order valence-corrected chi connectivity index (χ3v) is 4.69. The lowest BCUT2D eigenvalue weighted by Gasteiger charge is -2.29. The van der Waals surface area contributed by atoms with Crippen LogP contribution in [0, 0.1) is 11.3 Å². The monoisotopic (exact) mass is 354 g/mol. The summed E-state index contributed by atoms with van der Waals surface area (Å²) in [5, 5.41) is 12.2. The number of carbonyl (C=O) groups excluding carboxylic acids is 1. The quantitative estimate of drug-likeness (QED) is 0.775. The van der Waals surface area contributed by atoms with Crippen LogP contribution in [-0.4, -0.2) is 22.3 Å². The molecule has 1 amide bonds. The van der Waals surface area contributed by atoms with Crippen LogP contribution < -0.4 is 5.32 Å². The van der Waals surface area contributed by atoms with Crippen molar-refractivity contribution < 1.29 is 4.79 Å². The summed E-state index contributed by atoms with van der Waals surface area (Å²) in [6, 6.07) is 21.0. The van der Waals surface area contributed by atoms with Crippen molar-refractivity contribution in [3.8, 4) is 6.07 Å². The number of nitrogens with one attached hydrogen (secondary N) is 1. The van der Waals surface area contributed by atoms with Gasteiger partial charge in [0.2, 0.25) is 0 Å². The van der Waals surface area contributed by atoms with E-state index in [0.717, 1.165) is 12.1 Å². The number of hydrogen-bond donors (Lipinski definition) is 1. The van der Waals surface area contributed by atoms with Crippen LogP contribution in [0.15, 0.2) is 66.9 Å². The zero-order valence-corrected chi connectivity index (χ0v) is 14.7. The Morgan fingerprint density at radius 1 is 1.07 bits per heavy atom. The molecule has 0 atom stereocenters. The molecule has 1 aromatic heterocycles. The molecule has 0 radical (unpaired) electrons. The highest BCUT2D eigenvalue weighted by Crippen LogP contribution is 2.22. The second-order valence-electron chi connectivity index (χ2n) is 6.49. The van der Waals surface area contributed by atoms with Gasteiger partial charge in [0.1, 0.15) is 5.82 Å². The van der Waals surface area contributed by atoms with E-state index in [-0.39, 0.29) is 5.91 Å². The van der Waals surface area contributed by atoms with Gasteiger partial charge in [-0.05, 0) is 47.9 Å². The van der Waals surface area contributed by atoms with Crippen molar-refractivity contribution in [1.29, 1.82) is 5.26 Å². The second-order valence-corrected chi connectivity index (χ2v) is 6.49. The summed E-state index contributed by atoms with van der Waals surface area (Å²) < 4.78 is 0. The number of nitriles is 1. The maximum absolute atomic E-state index is 12.9. The summed E-state index contributed by atoms with van der Waals surface area (Å²) in [5.74, 6) is 0.578. The van der Waals surface area contributed by atoms with Crippen molar-refractivity contribution in [3.63, 3.8) is 0 Å². The molecule has 0 saturated carbocycles. The van der Waals surface area contributed by atoms with Gasteiger partial charge in [-0.25, -0.2) is 4.98 Å². The van der Waals surface area contributed by atoms with Crippen LogP contribution >= 0.6 is 0 Å². The Hall–Kier alpha value is -3.65. The minimum Gasteiger partial charge on any atom is -0.340 e. The van der Waals surface area contributed by atoms with Gasteiger partial charge in [0, 0.05) is 30.5 Å². The van der Waals surface area contributed by atoms with Crippen LogP contribution in [0.2, 0.25) is 0 Å². The van der Waals surface area contributed by atoms with Crippen molar-refractivity contribution in [3.05, 3.63) is 89.1 Å². The van der Waals surface area contributed by atoms with Gasteiger partial charge in [0.15, 0.2) is 0 Å². The summed E-state index contributed by atoms with van der Waals surface area (Å²) in [7, 11) is 0. The third-order valence-electron chi connectivity index (χ3n) is 4.69. The fraction of sp³-hybridized carbons (Fsp3) is 0.136. The number of anilines is 2. The highest BCUT2D eigenvalue weighted by molar-refractivity contribution is 5.95. The van der Waals surface area contributed by atoms with Gasteiger partial charge >= 0.3 is 0 Å². The van der Waals surface area contributed by atoms with Crippen molar-refractivity contribution in [1.82, 2.24) is 9.88 Å². The fourth-order valence-electron chi connectivity index (χ4n) is 3.30. The molecule has 1 N–H and O–H groups in total. The zero-order chi connectivity index (χ0) is 18.6. The van der Waals surface area contributed by atoms with Crippen LogP contribution in [0.25, 0.3) is 0 Å². The molecule has 0 aliphatic carbocycles. The lowest BCUT2D eigenvalue weighted by molar-refractivity contribution is 0.0734. The molecule has 0 bridgehead atoms. The Morgan fingerprint density at radius 3 is 2.78 bits per heavy atom. The molecule has 2 aromatic carbocycles. The Bertz CT molecular complexity index is 1040. The number of nitrogens with zero attached hydrogens (tertiary/aromatic N) is 3. The summed E-state index contributed by atoms with van der Waals surface area (Å²) >= 11 is 0. The second kappa shape index (κ2) is 7.30. The molecule has 0 spiro atoms. The molecule has 0 fully saturated rings. The van der Waals surface area contributed by atoms with Crippen molar-refractivity contribution in [2.75, 3.05) is 11.9 Å². The van der Waals surface area contributed by atoms with E-state index in [2.05, 4.69) is 28.5 Å². The molecule has 1 aliphatic heterocycles. The van der Waals surface area contributed by atoms with E-state index in [1.807, 2.05) is 23.1 Å². The standard InChI is InChI=1S/C22H18N4O/c23-14-16-4-3-7-20(12-16)25-21-13-18(8-10-24-21)22(27)26-11-9-17-5-1-2-6-19(17)15-26/h1-8,10,12-13H,9,11,15H2,(H,24,25). The van der Waals surface area contributed by atoms with E-state index in [1.165, 1.54) is 11.1 Å². The summed E-state index contributed by atoms with van der Waals surface area (Å²) in [6.07, 6.45) is 2.50. The molecular weight excluding hydrogens is 336 g/mol. The predicted molar refractivity (Wildman–Crippen MR) is 104 cm³/mol. The largest absolute Gasteiger partial charge is 0.340 e. The Morgan fingerprint density at radius 2 is 1.93 bits per heavy atom. The average molecular weight is 354 g/mol. The van der Waals surface area contributed by atoms with E-state index in [4.69, 9.17) is 5.26 Å². The lowest BCUT2D eigenvalue weighted by atomic mass is 9.99. The molecule has 0 unspecified atom stereocenters. The fourth-order valence-corrected chi connectivity index (χ4v) is 3.30. The van der Waals surface area contributed by atoms with Crippen LogP contribution in [0.3, 0.4) is 0 Å². The van der Waals surface area contributed by atoms with Crippen molar-refractivity contribution in [2.24, 2.45) is 0 Å². The van der Waals surface area contributed by atoms with E-state index in [0.29, 0.717) is 30.0 Å². The molecular formula is C22H18N4O. The van der Waals surface area contributed by atoms with Gasteiger partial charge in [-0.2, -0.15) is 5.26 Å². The number of rotatable bonds is 3. The molecule has 5 nitrogen and oxygen atoms in total. The first-order valence-corrected chi connectivity index (χ1v) is 8.82. The molecule has 27 heavy (non-hydrogen) atoms. The minimum absolute atomic E-state index is 0.000675. The van der Waals surface area contributed by atoms with Crippen LogP contribution in [0.4, 0.5) is 11.5 Å². The molecule has 132 valence electrons. The zero-order valence-electron chi connectivity index (χ0n) is 14.7. The molecule has 3 aromatic rings. The maximum Gasteiger partial charge on any atom is 0.254 e. The minimum atomic E-state index is 0.000675. The van der Waals surface area contributed by atoms with Crippen molar-refractivity contribution in [2.45, 2.75) is 13.0 Å². The Balaban J connectivity index is 1.52. The van der Waals surface area contributed by atoms with Gasteiger partial charge in [-0.15, -0.1) is 0 Å². The number of amides is 1. The number of hydrogen-bond acceptors (Lipinski definition) is 4. The number of aromatic nitrogens is 1. The van der Waals surface area contributed by atoms with E-state index in [1.54, 1.807) is 36.5 Å². The Labute approximate surface area is 157 Å². The van der Waals surface area contributed by atoms with Crippen LogP contribution in [0.5, 0.6) is 0 Å². The van der Waals surface area contributed by atoms with Gasteiger partial charge in [-0.1, -0.05) is 30.3 Å². The highest BCUT2D eigenvalue weighted by atomic mass is 16.2. The average Bonchev–Trinajstić information content (AvgIpc) is 2.73. The molecule has 0 saturated heterocycles. The van der Waals surface area contributed by atoms with Gasteiger partial charge < -0.3 is 10.2 Å². The van der Waals surface area contributed by atoms with E-state index < -0.39 is 0 Å². The van der Waals surface area contributed by atoms with Gasteiger partial charge in [0.05, 0.1) is 11.6 Å². The third kappa shape index (κ3) is 3.65. The number of benzene rings is 2. The molecule has 2 heterocycles. The predicted octanol–water partition coefficient (Wildman–Crippen LogP) is 3.90. The SMILES string of the molecule is N#Cc1cccc(Nc2cc(C(=O)N3CCc4ccccc4C3)ccn2)c1. The van der Waals surface area contributed by atoms with Gasteiger partial charge in [-0.3, -0.25) is 4.79 Å². The number of fused-ring (bicyclic) bond motifs is 1. The van der Waals surface area contributed by atoms with E-state index in [9.17, 15) is 4.79 Å². The first-order chi connectivity index (χ1) is 13.2. The maximum atomic E-state index is 12.9. The van der Waals surface area contributed by atoms with Crippen LogP contribution in [0.1, 0.15) is 27.0 Å². The molecule has 1 aliphatic rings. The highest BCUT2D eigenvalue weighted by Gasteiger charge is 2.21. The van der Waals surface area contributed by atoms with Crippen molar-refractivity contribution >= 4 is 17.4 Å². The molecule has 5 heteroatoms. The first-order valence-electron chi connectivity index (χ1n) is 8.82. The number of pyridine rings is 1. The summed E-state index contributed by atoms with van der Waals surface area (Å²) in [5.41, 5.74) is 4.45.